The number of nitrogens with zero attached hydrogens (tertiary/aromatic N) is 1. The van der Waals surface area contributed by atoms with Gasteiger partial charge in [-0.3, -0.25) is 14.7 Å². The highest BCUT2D eigenvalue weighted by molar-refractivity contribution is 6.35. The minimum atomic E-state index is -0.550. The molecule has 0 saturated carbocycles. The van der Waals surface area contributed by atoms with Gasteiger partial charge in [0.05, 0.1) is 5.02 Å². The zero-order valence-corrected chi connectivity index (χ0v) is 12.6. The van der Waals surface area contributed by atoms with Crippen LogP contribution in [-0.2, 0) is 13.1 Å². The number of aromatic nitrogens is 2. The Morgan fingerprint density at radius 1 is 1.19 bits per heavy atom. The number of hydrogen-bond acceptors (Lipinski definition) is 4. The maximum Gasteiger partial charge on any atom is 0.325 e. The summed E-state index contributed by atoms with van der Waals surface area (Å²) in [6, 6.07) is 3.06. The van der Waals surface area contributed by atoms with Gasteiger partial charge >= 0.3 is 5.69 Å². The minimum Gasteiger partial charge on any atom is -0.506 e. The molecular weight excluding hydrogens is 317 g/mol. The first kappa shape index (κ1) is 15.6. The number of rotatable bonds is 4. The van der Waals surface area contributed by atoms with E-state index in [0.29, 0.717) is 22.7 Å². The summed E-state index contributed by atoms with van der Waals surface area (Å²) in [6.07, 6.45) is 1.36. The Kier molecular flexibility index (Phi) is 4.72. The smallest absolute Gasteiger partial charge is 0.325 e. The van der Waals surface area contributed by atoms with Crippen LogP contribution in [0.2, 0.25) is 10.0 Å². The zero-order chi connectivity index (χ0) is 15.6. The lowest BCUT2D eigenvalue weighted by atomic mass is 10.2. The fourth-order valence-electron chi connectivity index (χ4n) is 1.93. The van der Waals surface area contributed by atoms with E-state index in [0.717, 1.165) is 0 Å². The monoisotopic (exact) mass is 329 g/mol. The second-order valence-electron chi connectivity index (χ2n) is 4.66. The van der Waals surface area contributed by atoms with Crippen molar-refractivity contribution in [1.29, 1.82) is 0 Å². The van der Waals surface area contributed by atoms with E-state index in [1.807, 2.05) is 0 Å². The van der Waals surface area contributed by atoms with Gasteiger partial charge in [0, 0.05) is 35.4 Å². The van der Waals surface area contributed by atoms with Gasteiger partial charge in [-0.05, 0) is 19.2 Å². The molecule has 0 radical (unpaired) electrons. The van der Waals surface area contributed by atoms with Crippen molar-refractivity contribution in [2.45, 2.75) is 13.1 Å². The average Bonchev–Trinajstić information content (AvgIpc) is 2.38. The molecular formula is C13H13Cl2N3O3. The molecule has 0 aliphatic carbocycles. The van der Waals surface area contributed by atoms with Gasteiger partial charge in [0.25, 0.3) is 5.56 Å². The molecule has 0 saturated heterocycles. The molecule has 1 heterocycles. The first-order valence-corrected chi connectivity index (χ1v) is 6.78. The van der Waals surface area contributed by atoms with Gasteiger partial charge in [0.2, 0.25) is 0 Å². The van der Waals surface area contributed by atoms with Crippen LogP contribution in [-0.4, -0.2) is 27.0 Å². The van der Waals surface area contributed by atoms with Crippen LogP contribution >= 0.6 is 23.2 Å². The Bertz CT molecular complexity index is 770. The molecule has 8 heteroatoms. The summed E-state index contributed by atoms with van der Waals surface area (Å²) in [7, 11) is 1.76. The third-order valence-electron chi connectivity index (χ3n) is 2.88. The fraction of sp³-hybridized carbons (Fsp3) is 0.231. The van der Waals surface area contributed by atoms with E-state index >= 15 is 0 Å². The highest BCUT2D eigenvalue weighted by Crippen LogP contribution is 2.31. The molecule has 6 nitrogen and oxygen atoms in total. The van der Waals surface area contributed by atoms with Crippen molar-refractivity contribution in [3.8, 4) is 5.75 Å². The van der Waals surface area contributed by atoms with Crippen molar-refractivity contribution in [3.05, 3.63) is 60.3 Å². The van der Waals surface area contributed by atoms with E-state index in [1.54, 1.807) is 18.0 Å². The van der Waals surface area contributed by atoms with E-state index in [2.05, 4.69) is 9.97 Å². The SMILES string of the molecule is CN(Cc1cc(Cl)cc(Cl)c1O)Cc1c[nH]c(=O)[nH]c1=O. The zero-order valence-electron chi connectivity index (χ0n) is 11.1. The minimum absolute atomic E-state index is 0.0386. The molecule has 1 aromatic carbocycles. The van der Waals surface area contributed by atoms with Gasteiger partial charge < -0.3 is 10.1 Å². The highest BCUT2D eigenvalue weighted by Gasteiger charge is 2.11. The molecule has 112 valence electrons. The highest BCUT2D eigenvalue weighted by atomic mass is 35.5. The molecule has 2 rings (SSSR count). The fourth-order valence-corrected chi connectivity index (χ4v) is 2.47. The molecule has 0 bridgehead atoms. The quantitative estimate of drug-likeness (QED) is 0.796. The standard InChI is InChI=1S/C13H13Cl2N3O3/c1-18(6-8-4-16-13(21)17-12(8)20)5-7-2-9(14)3-10(15)11(7)19/h2-4,19H,5-6H2,1H3,(H2,16,17,20,21). The maximum absolute atomic E-state index is 11.6. The molecule has 0 amide bonds. The molecule has 0 aliphatic heterocycles. The average molecular weight is 330 g/mol. The Morgan fingerprint density at radius 3 is 2.52 bits per heavy atom. The third kappa shape index (κ3) is 3.87. The van der Waals surface area contributed by atoms with Crippen LogP contribution < -0.4 is 11.2 Å². The lowest BCUT2D eigenvalue weighted by Gasteiger charge is -2.17. The number of phenols is 1. The summed E-state index contributed by atoms with van der Waals surface area (Å²) in [5.41, 5.74) is -0.0369. The Hall–Kier alpha value is -1.76. The number of phenolic OH excluding ortho intramolecular Hbond substituents is 1. The Labute approximate surface area is 130 Å². The first-order chi connectivity index (χ1) is 9.86. The predicted octanol–water partition coefficient (Wildman–Crippen LogP) is 1.71. The normalized spacial score (nSPS) is 11.0. The molecule has 0 unspecified atom stereocenters. The predicted molar refractivity (Wildman–Crippen MR) is 81.0 cm³/mol. The van der Waals surface area contributed by atoms with Gasteiger partial charge in [-0.1, -0.05) is 23.2 Å². The summed E-state index contributed by atoms with van der Waals surface area (Å²) in [4.78, 5) is 28.9. The molecule has 1 aromatic heterocycles. The van der Waals surface area contributed by atoms with Gasteiger partial charge in [-0.25, -0.2) is 4.79 Å². The molecule has 0 aliphatic rings. The molecule has 21 heavy (non-hydrogen) atoms. The van der Waals surface area contributed by atoms with Crippen molar-refractivity contribution < 1.29 is 5.11 Å². The Morgan fingerprint density at radius 2 is 1.86 bits per heavy atom. The van der Waals surface area contributed by atoms with Crippen LogP contribution in [0.25, 0.3) is 0 Å². The summed E-state index contributed by atoms with van der Waals surface area (Å²) >= 11 is 11.8. The largest absolute Gasteiger partial charge is 0.506 e. The van der Waals surface area contributed by atoms with Crippen molar-refractivity contribution in [1.82, 2.24) is 14.9 Å². The molecule has 3 N–H and O–H groups in total. The Balaban J connectivity index is 2.17. The van der Waals surface area contributed by atoms with Gasteiger partial charge in [-0.15, -0.1) is 0 Å². The lowest BCUT2D eigenvalue weighted by Crippen LogP contribution is -2.28. The van der Waals surface area contributed by atoms with Crippen molar-refractivity contribution in [2.24, 2.45) is 0 Å². The van der Waals surface area contributed by atoms with Crippen molar-refractivity contribution in [3.63, 3.8) is 0 Å². The van der Waals surface area contributed by atoms with Crippen LogP contribution in [0.1, 0.15) is 11.1 Å². The van der Waals surface area contributed by atoms with E-state index in [9.17, 15) is 14.7 Å². The second kappa shape index (κ2) is 6.34. The lowest BCUT2D eigenvalue weighted by molar-refractivity contribution is 0.311. The molecule has 2 aromatic rings. The maximum atomic E-state index is 11.6. The summed E-state index contributed by atoms with van der Waals surface area (Å²) < 4.78 is 0. The number of hydrogen-bond donors (Lipinski definition) is 3. The van der Waals surface area contributed by atoms with Gasteiger partial charge in [0.1, 0.15) is 5.75 Å². The summed E-state index contributed by atoms with van der Waals surface area (Å²) in [5, 5.41) is 10.5. The number of halogens is 2. The molecule has 0 fully saturated rings. The topological polar surface area (TPSA) is 89.2 Å². The summed E-state index contributed by atoms with van der Waals surface area (Å²) in [6.45, 7) is 0.625. The van der Waals surface area contributed by atoms with Crippen LogP contribution in [0.4, 0.5) is 0 Å². The number of aromatic hydroxyl groups is 1. The molecule has 0 atom stereocenters. The van der Waals surface area contributed by atoms with Crippen LogP contribution in [0.15, 0.2) is 27.9 Å². The number of aromatic amines is 2. The van der Waals surface area contributed by atoms with Crippen molar-refractivity contribution >= 4 is 23.2 Å². The second-order valence-corrected chi connectivity index (χ2v) is 5.51. The van der Waals surface area contributed by atoms with Crippen molar-refractivity contribution in [2.75, 3.05) is 7.05 Å². The van der Waals surface area contributed by atoms with E-state index in [-0.39, 0.29) is 17.3 Å². The van der Waals surface area contributed by atoms with Gasteiger partial charge in [-0.2, -0.15) is 0 Å². The van der Waals surface area contributed by atoms with E-state index in [1.165, 1.54) is 12.3 Å². The van der Waals surface area contributed by atoms with Crippen LogP contribution in [0.3, 0.4) is 0 Å². The van der Waals surface area contributed by atoms with Crippen LogP contribution in [0, 0.1) is 0 Å². The molecule has 0 spiro atoms. The van der Waals surface area contributed by atoms with Crippen LogP contribution in [0.5, 0.6) is 5.75 Å². The van der Waals surface area contributed by atoms with Gasteiger partial charge in [0.15, 0.2) is 0 Å². The van der Waals surface area contributed by atoms with E-state index in [4.69, 9.17) is 23.2 Å². The van der Waals surface area contributed by atoms with E-state index < -0.39 is 11.2 Å². The number of benzene rings is 1. The third-order valence-corrected chi connectivity index (χ3v) is 3.39. The number of H-pyrrole nitrogens is 2. The first-order valence-electron chi connectivity index (χ1n) is 6.03. The summed E-state index contributed by atoms with van der Waals surface area (Å²) in [5.74, 6) is -0.0386. The number of nitrogens with one attached hydrogen (secondary N) is 2.